The summed E-state index contributed by atoms with van der Waals surface area (Å²) < 4.78 is 9.23. The Kier molecular flexibility index (Phi) is 6.07. The third kappa shape index (κ3) is 4.10. The average molecular weight is 555 g/mol. The summed E-state index contributed by atoms with van der Waals surface area (Å²) in [7, 11) is 0. The van der Waals surface area contributed by atoms with Crippen molar-refractivity contribution in [2.45, 2.75) is 18.9 Å². The van der Waals surface area contributed by atoms with E-state index in [0.717, 1.165) is 44.7 Å². The Bertz CT molecular complexity index is 1700. The van der Waals surface area contributed by atoms with Crippen LogP contribution in [0.15, 0.2) is 105 Å². The minimum atomic E-state index is -0.179. The summed E-state index contributed by atoms with van der Waals surface area (Å²) in [4.78, 5) is 19.7. The molecule has 1 aliphatic heterocycles. The monoisotopic (exact) mass is 554 g/mol. The molecule has 36 heavy (non-hydrogen) atoms. The zero-order chi connectivity index (χ0) is 24.6. The van der Waals surface area contributed by atoms with Crippen LogP contribution in [0.1, 0.15) is 34.7 Å². The zero-order valence-electron chi connectivity index (χ0n) is 19.5. The van der Waals surface area contributed by atoms with Gasteiger partial charge in [-0.15, -0.1) is 0 Å². The van der Waals surface area contributed by atoms with Gasteiger partial charge in [-0.05, 0) is 65.4 Å². The molecule has 2 aliphatic rings. The lowest BCUT2D eigenvalue weighted by molar-refractivity contribution is 0.363. The van der Waals surface area contributed by atoms with Gasteiger partial charge in [0.05, 0.1) is 16.3 Å². The van der Waals surface area contributed by atoms with Crippen molar-refractivity contribution >= 4 is 39.0 Å². The number of rotatable bonds is 5. The van der Waals surface area contributed by atoms with E-state index in [2.05, 4.69) is 58.9 Å². The molecule has 2 heterocycles. The topological polar surface area (TPSA) is 43.6 Å². The highest BCUT2D eigenvalue weighted by atomic mass is 79.9. The minimum Gasteiger partial charge on any atom is -0.490 e. The molecule has 0 saturated carbocycles. The van der Waals surface area contributed by atoms with Crippen molar-refractivity contribution in [3.8, 4) is 5.75 Å². The molecule has 3 aromatic carbocycles. The van der Waals surface area contributed by atoms with Gasteiger partial charge < -0.3 is 4.74 Å². The van der Waals surface area contributed by atoms with E-state index in [1.165, 1.54) is 28.0 Å². The quantitative estimate of drug-likeness (QED) is 0.299. The van der Waals surface area contributed by atoms with E-state index in [1.54, 1.807) is 6.08 Å². The van der Waals surface area contributed by atoms with Crippen molar-refractivity contribution in [2.75, 3.05) is 6.61 Å². The van der Waals surface area contributed by atoms with Gasteiger partial charge in [0.1, 0.15) is 12.4 Å². The number of benzene rings is 3. The number of thiazole rings is 1. The van der Waals surface area contributed by atoms with E-state index < -0.39 is 0 Å². The molecule has 0 radical (unpaired) electrons. The molecule has 1 unspecified atom stereocenters. The fraction of sp³-hybridized carbons (Fsp3) is 0.133. The summed E-state index contributed by atoms with van der Waals surface area (Å²) >= 11 is 4.99. The molecule has 6 heteroatoms. The van der Waals surface area contributed by atoms with Crippen molar-refractivity contribution in [1.29, 1.82) is 0 Å². The van der Waals surface area contributed by atoms with Gasteiger partial charge in [0.15, 0.2) is 4.80 Å². The number of hydrogen-bond acceptors (Lipinski definition) is 4. The van der Waals surface area contributed by atoms with Crippen molar-refractivity contribution < 1.29 is 4.74 Å². The fourth-order valence-electron chi connectivity index (χ4n) is 4.97. The number of aryl methyl sites for hydroxylation is 1. The second-order valence-corrected chi connectivity index (χ2v) is 10.8. The molecule has 0 saturated heterocycles. The summed E-state index contributed by atoms with van der Waals surface area (Å²) in [6, 6.07) is 24.3. The number of aromatic nitrogens is 1. The van der Waals surface area contributed by atoms with Crippen LogP contribution in [0.3, 0.4) is 0 Å². The Morgan fingerprint density at radius 2 is 1.92 bits per heavy atom. The van der Waals surface area contributed by atoms with Gasteiger partial charge in [0.25, 0.3) is 5.56 Å². The number of ether oxygens (including phenoxy) is 1. The van der Waals surface area contributed by atoms with Crippen LogP contribution in [-0.2, 0) is 6.42 Å². The summed E-state index contributed by atoms with van der Waals surface area (Å²) in [6.45, 7) is 4.14. The van der Waals surface area contributed by atoms with E-state index in [0.29, 0.717) is 11.1 Å². The largest absolute Gasteiger partial charge is 0.490 e. The Hall–Kier alpha value is -3.48. The first kappa shape index (κ1) is 23.0. The van der Waals surface area contributed by atoms with Crippen molar-refractivity contribution in [3.05, 3.63) is 137 Å². The van der Waals surface area contributed by atoms with Gasteiger partial charge in [-0.3, -0.25) is 9.36 Å². The zero-order valence-corrected chi connectivity index (χ0v) is 21.9. The van der Waals surface area contributed by atoms with Gasteiger partial charge in [0, 0.05) is 10.0 Å². The highest BCUT2D eigenvalue weighted by Crippen LogP contribution is 2.41. The third-order valence-electron chi connectivity index (χ3n) is 6.58. The first-order chi connectivity index (χ1) is 17.6. The second-order valence-electron chi connectivity index (χ2n) is 8.84. The summed E-state index contributed by atoms with van der Waals surface area (Å²) in [6.07, 6.45) is 5.47. The van der Waals surface area contributed by atoms with Crippen LogP contribution in [0.5, 0.6) is 5.75 Å². The first-order valence-corrected chi connectivity index (χ1v) is 13.5. The lowest BCUT2D eigenvalue weighted by atomic mass is 9.83. The molecular formula is C30H23BrN2O2S. The molecule has 1 aliphatic carbocycles. The molecule has 0 N–H and O–H groups in total. The molecular weight excluding hydrogens is 532 g/mol. The smallest absolute Gasteiger partial charge is 0.271 e. The molecule has 1 aromatic heterocycles. The Balaban J connectivity index is 1.55. The van der Waals surface area contributed by atoms with Crippen LogP contribution in [0.2, 0.25) is 0 Å². The van der Waals surface area contributed by atoms with Crippen LogP contribution >= 0.6 is 27.3 Å². The van der Waals surface area contributed by atoms with Gasteiger partial charge in [-0.1, -0.05) is 88.5 Å². The van der Waals surface area contributed by atoms with Crippen molar-refractivity contribution in [1.82, 2.24) is 4.57 Å². The predicted octanol–water partition coefficient (Wildman–Crippen LogP) is 5.65. The SMILES string of the molecule is C=CCOc1cccc(C=c2sc3n(c2=O)C(c2ccc(Br)cc2)C2=C(N=3)c3ccccc3CC2)c1. The normalized spacial score (nSPS) is 16.6. The lowest BCUT2D eigenvalue weighted by Crippen LogP contribution is -2.38. The van der Waals surface area contributed by atoms with E-state index in [1.807, 2.05) is 47.0 Å². The van der Waals surface area contributed by atoms with Gasteiger partial charge in [0.2, 0.25) is 0 Å². The van der Waals surface area contributed by atoms with Crippen LogP contribution in [-0.4, -0.2) is 11.2 Å². The van der Waals surface area contributed by atoms with E-state index in [-0.39, 0.29) is 11.6 Å². The fourth-order valence-corrected chi connectivity index (χ4v) is 6.23. The van der Waals surface area contributed by atoms with Crippen LogP contribution in [0.25, 0.3) is 11.8 Å². The van der Waals surface area contributed by atoms with Crippen molar-refractivity contribution in [2.24, 2.45) is 4.99 Å². The molecule has 0 amide bonds. The number of nitrogens with zero attached hydrogens (tertiary/aromatic N) is 2. The van der Waals surface area contributed by atoms with E-state index in [9.17, 15) is 4.79 Å². The number of allylic oxidation sites excluding steroid dienone is 1. The molecule has 0 spiro atoms. The first-order valence-electron chi connectivity index (χ1n) is 11.8. The number of fused-ring (bicyclic) bond motifs is 3. The average Bonchev–Trinajstić information content (AvgIpc) is 3.21. The van der Waals surface area contributed by atoms with Gasteiger partial charge in [-0.2, -0.15) is 0 Å². The summed E-state index contributed by atoms with van der Waals surface area (Å²) in [5, 5.41) is 0. The maximum absolute atomic E-state index is 13.9. The van der Waals surface area contributed by atoms with Crippen molar-refractivity contribution in [3.63, 3.8) is 0 Å². The Morgan fingerprint density at radius 3 is 2.75 bits per heavy atom. The van der Waals surface area contributed by atoms with E-state index in [4.69, 9.17) is 9.73 Å². The molecule has 0 bridgehead atoms. The van der Waals surface area contributed by atoms with Crippen LogP contribution in [0, 0.1) is 0 Å². The lowest BCUT2D eigenvalue weighted by Gasteiger charge is -2.30. The summed E-state index contributed by atoms with van der Waals surface area (Å²) in [5.74, 6) is 0.747. The van der Waals surface area contributed by atoms with Crippen LogP contribution in [0.4, 0.5) is 0 Å². The maximum Gasteiger partial charge on any atom is 0.271 e. The minimum absolute atomic E-state index is 0.0190. The maximum atomic E-state index is 13.9. The molecule has 4 aromatic rings. The Morgan fingerprint density at radius 1 is 1.08 bits per heavy atom. The third-order valence-corrected chi connectivity index (χ3v) is 8.09. The van der Waals surface area contributed by atoms with E-state index >= 15 is 0 Å². The highest BCUT2D eigenvalue weighted by Gasteiger charge is 2.32. The Labute approximate surface area is 221 Å². The number of halogens is 1. The van der Waals surface area contributed by atoms with Crippen LogP contribution < -0.4 is 19.6 Å². The molecule has 6 rings (SSSR count). The predicted molar refractivity (Wildman–Crippen MR) is 149 cm³/mol. The molecule has 0 fully saturated rings. The summed E-state index contributed by atoms with van der Waals surface area (Å²) in [5.41, 5.74) is 6.68. The molecule has 178 valence electrons. The standard InChI is InChI=1S/C30H23BrN2O2S/c1-2-16-35-23-8-5-6-19(17-23)18-26-29(34)33-28(21-10-13-22(31)14-11-21)25-15-12-20-7-3-4-9-24(20)27(25)32-30(33)36-26/h2-11,13-14,17-18,28H,1,12,15-16H2. The number of hydrogen-bond donors (Lipinski definition) is 0. The van der Waals surface area contributed by atoms with Gasteiger partial charge >= 0.3 is 0 Å². The highest BCUT2D eigenvalue weighted by molar-refractivity contribution is 9.10. The molecule has 4 nitrogen and oxygen atoms in total. The molecule has 1 atom stereocenters. The second kappa shape index (κ2) is 9.52. The van der Waals surface area contributed by atoms with Gasteiger partial charge in [-0.25, -0.2) is 4.99 Å².